The molecule has 0 amide bonds. The lowest BCUT2D eigenvalue weighted by molar-refractivity contribution is 0.272. The summed E-state index contributed by atoms with van der Waals surface area (Å²) in [6, 6.07) is 6.80. The fourth-order valence-corrected chi connectivity index (χ4v) is 4.24. The standard InChI is InChI=1S/C16H23N3/c1-18-7-14-10-19(11-15(14)8-18)9-13-4-2-3-12-5-6-17-16(12)13/h2-4,14-15,17H,5-11H2,1H3/t14-,15+. The first kappa shape index (κ1) is 11.7. The number of nitrogens with one attached hydrogen (secondary N) is 1. The third-order valence-electron chi connectivity index (χ3n) is 5.07. The second-order valence-corrected chi connectivity index (χ2v) is 6.56. The summed E-state index contributed by atoms with van der Waals surface area (Å²) < 4.78 is 0. The van der Waals surface area contributed by atoms with Gasteiger partial charge in [-0.05, 0) is 36.4 Å². The molecular formula is C16H23N3. The SMILES string of the molecule is CN1C[C@@H]2CN(Cc3cccc4c3NCC4)C[C@@H]2C1. The highest BCUT2D eigenvalue weighted by Gasteiger charge is 2.38. The zero-order chi connectivity index (χ0) is 12.8. The van der Waals surface area contributed by atoms with Gasteiger partial charge in [0.1, 0.15) is 0 Å². The topological polar surface area (TPSA) is 18.5 Å². The quantitative estimate of drug-likeness (QED) is 0.869. The van der Waals surface area contributed by atoms with Crippen LogP contribution in [0.3, 0.4) is 0 Å². The minimum absolute atomic E-state index is 0.912. The molecule has 1 aromatic carbocycles. The average molecular weight is 257 g/mol. The second-order valence-electron chi connectivity index (χ2n) is 6.56. The molecule has 0 aromatic heterocycles. The average Bonchev–Trinajstić information content (AvgIpc) is 3.03. The molecule has 3 heterocycles. The van der Waals surface area contributed by atoms with Gasteiger partial charge in [-0.3, -0.25) is 4.90 Å². The van der Waals surface area contributed by atoms with Crippen LogP contribution in [0.2, 0.25) is 0 Å². The van der Waals surface area contributed by atoms with E-state index in [9.17, 15) is 0 Å². The van der Waals surface area contributed by atoms with E-state index >= 15 is 0 Å². The van der Waals surface area contributed by atoms with E-state index in [1.165, 1.54) is 49.4 Å². The monoisotopic (exact) mass is 257 g/mol. The molecule has 0 spiro atoms. The van der Waals surface area contributed by atoms with Crippen molar-refractivity contribution in [2.24, 2.45) is 11.8 Å². The van der Waals surface area contributed by atoms with Gasteiger partial charge in [0.2, 0.25) is 0 Å². The minimum Gasteiger partial charge on any atom is -0.384 e. The van der Waals surface area contributed by atoms with E-state index in [0.717, 1.165) is 24.9 Å². The lowest BCUT2D eigenvalue weighted by Gasteiger charge is -2.20. The molecule has 102 valence electrons. The highest BCUT2D eigenvalue weighted by molar-refractivity contribution is 5.61. The zero-order valence-corrected chi connectivity index (χ0v) is 11.7. The molecule has 4 rings (SSSR count). The normalized spacial score (nSPS) is 30.4. The van der Waals surface area contributed by atoms with Crippen LogP contribution in [0, 0.1) is 11.8 Å². The van der Waals surface area contributed by atoms with Gasteiger partial charge >= 0.3 is 0 Å². The van der Waals surface area contributed by atoms with E-state index in [4.69, 9.17) is 0 Å². The number of hydrogen-bond donors (Lipinski definition) is 1. The van der Waals surface area contributed by atoms with E-state index in [0.29, 0.717) is 0 Å². The largest absolute Gasteiger partial charge is 0.384 e. The van der Waals surface area contributed by atoms with Crippen molar-refractivity contribution in [2.75, 3.05) is 45.1 Å². The molecule has 2 fully saturated rings. The predicted molar refractivity (Wildman–Crippen MR) is 78.4 cm³/mol. The smallest absolute Gasteiger partial charge is 0.0419 e. The fourth-order valence-electron chi connectivity index (χ4n) is 4.24. The van der Waals surface area contributed by atoms with Gasteiger partial charge in [-0.15, -0.1) is 0 Å². The van der Waals surface area contributed by atoms with Crippen LogP contribution >= 0.6 is 0 Å². The number of fused-ring (bicyclic) bond motifs is 2. The van der Waals surface area contributed by atoms with Gasteiger partial charge in [-0.2, -0.15) is 0 Å². The highest BCUT2D eigenvalue weighted by Crippen LogP contribution is 2.33. The maximum atomic E-state index is 3.57. The third kappa shape index (κ3) is 2.05. The minimum atomic E-state index is 0.912. The van der Waals surface area contributed by atoms with E-state index < -0.39 is 0 Å². The molecule has 0 saturated carbocycles. The molecule has 0 bridgehead atoms. The van der Waals surface area contributed by atoms with Gasteiger partial charge in [-0.1, -0.05) is 18.2 Å². The van der Waals surface area contributed by atoms with Crippen LogP contribution in [0.25, 0.3) is 0 Å². The molecular weight excluding hydrogens is 234 g/mol. The van der Waals surface area contributed by atoms with Crippen LogP contribution in [0.5, 0.6) is 0 Å². The molecule has 2 saturated heterocycles. The van der Waals surface area contributed by atoms with Crippen molar-refractivity contribution in [3.63, 3.8) is 0 Å². The first-order valence-corrected chi connectivity index (χ1v) is 7.55. The van der Waals surface area contributed by atoms with Gasteiger partial charge < -0.3 is 10.2 Å². The summed E-state index contributed by atoms with van der Waals surface area (Å²) in [6.07, 6.45) is 1.19. The maximum absolute atomic E-state index is 3.57. The van der Waals surface area contributed by atoms with Crippen LogP contribution in [-0.4, -0.2) is 49.6 Å². The summed E-state index contributed by atoms with van der Waals surface area (Å²) in [5.41, 5.74) is 4.44. The number of rotatable bonds is 2. The number of likely N-dealkylation sites (tertiary alicyclic amines) is 2. The van der Waals surface area contributed by atoms with Crippen molar-refractivity contribution < 1.29 is 0 Å². The summed E-state index contributed by atoms with van der Waals surface area (Å²) in [5, 5.41) is 3.57. The predicted octanol–water partition coefficient (Wildman–Crippen LogP) is 1.65. The van der Waals surface area contributed by atoms with Gasteiger partial charge in [0, 0.05) is 45.0 Å². The summed E-state index contributed by atoms with van der Waals surface area (Å²) in [7, 11) is 2.26. The molecule has 1 N–H and O–H groups in total. The van der Waals surface area contributed by atoms with Crippen LogP contribution in [0.4, 0.5) is 5.69 Å². The van der Waals surface area contributed by atoms with Crippen LogP contribution < -0.4 is 5.32 Å². The van der Waals surface area contributed by atoms with Crippen molar-refractivity contribution in [1.29, 1.82) is 0 Å². The fraction of sp³-hybridized carbons (Fsp3) is 0.625. The Bertz CT molecular complexity index is 471. The lowest BCUT2D eigenvalue weighted by Crippen LogP contribution is -2.26. The molecule has 3 nitrogen and oxygen atoms in total. The first-order chi connectivity index (χ1) is 9.29. The van der Waals surface area contributed by atoms with E-state index in [-0.39, 0.29) is 0 Å². The van der Waals surface area contributed by atoms with Gasteiger partial charge in [0.05, 0.1) is 0 Å². The Hall–Kier alpha value is -1.06. The van der Waals surface area contributed by atoms with Crippen molar-refractivity contribution in [3.8, 4) is 0 Å². The number of hydrogen-bond acceptors (Lipinski definition) is 3. The zero-order valence-electron chi connectivity index (χ0n) is 11.7. The van der Waals surface area contributed by atoms with Crippen molar-refractivity contribution in [1.82, 2.24) is 9.80 Å². The Morgan fingerprint density at radius 1 is 1.16 bits per heavy atom. The molecule has 0 aliphatic carbocycles. The maximum Gasteiger partial charge on any atom is 0.0419 e. The highest BCUT2D eigenvalue weighted by atomic mass is 15.2. The number of benzene rings is 1. The van der Waals surface area contributed by atoms with Crippen molar-refractivity contribution >= 4 is 5.69 Å². The molecule has 19 heavy (non-hydrogen) atoms. The first-order valence-electron chi connectivity index (χ1n) is 7.55. The summed E-state index contributed by atoms with van der Waals surface area (Å²) in [5.74, 6) is 1.82. The number of para-hydroxylation sites is 1. The van der Waals surface area contributed by atoms with E-state index in [1.807, 2.05) is 0 Å². The molecule has 3 aliphatic rings. The molecule has 1 aromatic rings. The molecule has 3 heteroatoms. The Morgan fingerprint density at radius 2 is 1.95 bits per heavy atom. The van der Waals surface area contributed by atoms with Gasteiger partial charge in [0.15, 0.2) is 0 Å². The van der Waals surface area contributed by atoms with Crippen LogP contribution in [0.1, 0.15) is 11.1 Å². The molecule has 3 aliphatic heterocycles. The van der Waals surface area contributed by atoms with Crippen molar-refractivity contribution in [2.45, 2.75) is 13.0 Å². The lowest BCUT2D eigenvalue weighted by atomic mass is 10.0. The third-order valence-corrected chi connectivity index (χ3v) is 5.07. The number of anilines is 1. The molecule has 2 atom stereocenters. The number of nitrogens with zero attached hydrogens (tertiary/aromatic N) is 2. The summed E-state index contributed by atoms with van der Waals surface area (Å²) >= 11 is 0. The Morgan fingerprint density at radius 3 is 2.74 bits per heavy atom. The van der Waals surface area contributed by atoms with Crippen LogP contribution in [-0.2, 0) is 13.0 Å². The molecule has 0 radical (unpaired) electrons. The Kier molecular flexibility index (Phi) is 2.78. The molecule has 0 unspecified atom stereocenters. The van der Waals surface area contributed by atoms with Crippen LogP contribution in [0.15, 0.2) is 18.2 Å². The van der Waals surface area contributed by atoms with Gasteiger partial charge in [-0.25, -0.2) is 0 Å². The Labute approximate surface area is 115 Å². The van der Waals surface area contributed by atoms with Gasteiger partial charge in [0.25, 0.3) is 0 Å². The summed E-state index contributed by atoms with van der Waals surface area (Å²) in [4.78, 5) is 5.16. The van der Waals surface area contributed by atoms with Crippen molar-refractivity contribution in [3.05, 3.63) is 29.3 Å². The second kappa shape index (κ2) is 4.50. The summed E-state index contributed by atoms with van der Waals surface area (Å²) in [6.45, 7) is 7.42. The van der Waals surface area contributed by atoms with E-state index in [1.54, 1.807) is 0 Å². The Balaban J connectivity index is 1.47. The van der Waals surface area contributed by atoms with E-state index in [2.05, 4.69) is 40.4 Å².